The molecule has 4 heteroatoms. The molecule has 1 aromatic rings. The summed E-state index contributed by atoms with van der Waals surface area (Å²) in [6.07, 6.45) is 3.90. The summed E-state index contributed by atoms with van der Waals surface area (Å²) in [6.45, 7) is 3.63. The van der Waals surface area contributed by atoms with Crippen molar-refractivity contribution >= 4 is 5.91 Å². The summed E-state index contributed by atoms with van der Waals surface area (Å²) in [6, 6.07) is 7.02. The van der Waals surface area contributed by atoms with E-state index in [1.807, 2.05) is 19.2 Å². The monoisotopic (exact) mass is 276 g/mol. The van der Waals surface area contributed by atoms with Gasteiger partial charge in [-0.1, -0.05) is 25.5 Å². The summed E-state index contributed by atoms with van der Waals surface area (Å²) in [4.78, 5) is 14.5. The Hall–Kier alpha value is -1.55. The zero-order valence-corrected chi connectivity index (χ0v) is 12.4. The molecule has 1 heterocycles. The quantitative estimate of drug-likeness (QED) is 0.867. The van der Waals surface area contributed by atoms with Gasteiger partial charge in [-0.25, -0.2) is 0 Å². The smallest absolute Gasteiger partial charge is 0.242 e. The molecule has 1 aliphatic heterocycles. The number of hydrogen-bond donors (Lipinski definition) is 2. The summed E-state index contributed by atoms with van der Waals surface area (Å²) in [5, 5.41) is 12.7. The Kier molecular flexibility index (Phi) is 4.65. The second kappa shape index (κ2) is 6.27. The molecule has 4 nitrogen and oxygen atoms in total. The second-order valence-corrected chi connectivity index (χ2v) is 5.69. The molecule has 2 rings (SSSR count). The number of phenols is 1. The van der Waals surface area contributed by atoms with Crippen LogP contribution in [0.3, 0.4) is 0 Å². The van der Waals surface area contributed by atoms with Gasteiger partial charge in [0, 0.05) is 13.6 Å². The summed E-state index contributed by atoms with van der Waals surface area (Å²) in [5.41, 5.74) is 0.670. The molecule has 0 saturated carbocycles. The predicted molar refractivity (Wildman–Crippen MR) is 79.5 cm³/mol. The van der Waals surface area contributed by atoms with Gasteiger partial charge in [-0.15, -0.1) is 0 Å². The van der Waals surface area contributed by atoms with Crippen LogP contribution in [0.25, 0.3) is 0 Å². The minimum absolute atomic E-state index is 0.185. The first-order chi connectivity index (χ1) is 9.57. The Labute approximate surface area is 120 Å². The molecule has 1 aromatic carbocycles. The highest BCUT2D eigenvalue weighted by atomic mass is 16.3. The van der Waals surface area contributed by atoms with E-state index in [0.717, 1.165) is 37.8 Å². The minimum Gasteiger partial charge on any atom is -0.508 e. The highest BCUT2D eigenvalue weighted by molar-refractivity contribution is 5.86. The topological polar surface area (TPSA) is 52.6 Å². The van der Waals surface area contributed by atoms with E-state index in [1.54, 1.807) is 17.0 Å². The molecule has 110 valence electrons. The molecule has 1 saturated heterocycles. The number of hydrogen-bond acceptors (Lipinski definition) is 3. The summed E-state index contributed by atoms with van der Waals surface area (Å²) >= 11 is 0. The highest BCUT2D eigenvalue weighted by Crippen LogP contribution is 2.27. The van der Waals surface area contributed by atoms with Gasteiger partial charge in [-0.2, -0.15) is 0 Å². The summed E-state index contributed by atoms with van der Waals surface area (Å²) in [5.74, 6) is 0.438. The van der Waals surface area contributed by atoms with Crippen molar-refractivity contribution in [1.82, 2.24) is 10.2 Å². The lowest BCUT2D eigenvalue weighted by Gasteiger charge is -2.32. The number of aromatic hydroxyl groups is 1. The van der Waals surface area contributed by atoms with Crippen molar-refractivity contribution in [2.75, 3.05) is 13.6 Å². The number of likely N-dealkylation sites (N-methyl/N-ethyl adjacent to an activating group) is 1. The van der Waals surface area contributed by atoms with Gasteiger partial charge in [-0.3, -0.25) is 4.79 Å². The van der Waals surface area contributed by atoms with Crippen molar-refractivity contribution in [1.29, 1.82) is 0 Å². The fraction of sp³-hybridized carbons (Fsp3) is 0.562. The van der Waals surface area contributed by atoms with Crippen molar-refractivity contribution in [3.8, 4) is 5.75 Å². The van der Waals surface area contributed by atoms with Crippen molar-refractivity contribution < 1.29 is 9.90 Å². The first kappa shape index (κ1) is 14.9. The van der Waals surface area contributed by atoms with Crippen LogP contribution in [-0.4, -0.2) is 35.0 Å². The maximum atomic E-state index is 12.7. The van der Waals surface area contributed by atoms with Crippen LogP contribution in [0.15, 0.2) is 24.3 Å². The fourth-order valence-corrected chi connectivity index (χ4v) is 3.05. The van der Waals surface area contributed by atoms with Crippen LogP contribution >= 0.6 is 0 Å². The van der Waals surface area contributed by atoms with E-state index in [9.17, 15) is 9.90 Å². The third-order valence-electron chi connectivity index (χ3n) is 4.03. The molecule has 0 bridgehead atoms. The molecule has 2 N–H and O–H groups in total. The van der Waals surface area contributed by atoms with Crippen molar-refractivity contribution in [3.05, 3.63) is 29.8 Å². The molecule has 1 unspecified atom stereocenters. The minimum atomic E-state index is -0.361. The Morgan fingerprint density at radius 3 is 2.65 bits per heavy atom. The SMILES string of the molecule is CCCC1(C(=O)N(C)Cc2ccc(O)cc2)CCCN1. The van der Waals surface area contributed by atoms with E-state index in [1.165, 1.54) is 0 Å². The Morgan fingerprint density at radius 1 is 1.40 bits per heavy atom. The summed E-state index contributed by atoms with van der Waals surface area (Å²) < 4.78 is 0. The largest absolute Gasteiger partial charge is 0.508 e. The van der Waals surface area contributed by atoms with Gasteiger partial charge in [-0.05, 0) is 43.5 Å². The van der Waals surface area contributed by atoms with Crippen molar-refractivity contribution in [2.24, 2.45) is 0 Å². The second-order valence-electron chi connectivity index (χ2n) is 5.69. The third kappa shape index (κ3) is 3.12. The van der Waals surface area contributed by atoms with Crippen molar-refractivity contribution in [2.45, 2.75) is 44.7 Å². The number of carbonyl (C=O) groups is 1. The van der Waals surface area contributed by atoms with Crippen LogP contribution in [0.1, 0.15) is 38.2 Å². The van der Waals surface area contributed by atoms with Gasteiger partial charge in [0.25, 0.3) is 0 Å². The molecule has 1 amide bonds. The first-order valence-corrected chi connectivity index (χ1v) is 7.36. The molecule has 20 heavy (non-hydrogen) atoms. The number of phenolic OH excluding ortho intramolecular Hbond substituents is 1. The van der Waals surface area contributed by atoms with Gasteiger partial charge in [0.2, 0.25) is 5.91 Å². The first-order valence-electron chi connectivity index (χ1n) is 7.36. The summed E-state index contributed by atoms with van der Waals surface area (Å²) in [7, 11) is 1.85. The molecule has 0 aliphatic carbocycles. The number of benzene rings is 1. The molecular formula is C16H24N2O2. The Morgan fingerprint density at radius 2 is 2.10 bits per heavy atom. The third-order valence-corrected chi connectivity index (χ3v) is 4.03. The normalized spacial score (nSPS) is 21.9. The molecule has 1 fully saturated rings. The Bertz CT molecular complexity index is 450. The molecule has 0 spiro atoms. The van der Waals surface area contributed by atoms with E-state index in [4.69, 9.17) is 0 Å². The van der Waals surface area contributed by atoms with E-state index in [-0.39, 0.29) is 17.2 Å². The van der Waals surface area contributed by atoms with Gasteiger partial charge >= 0.3 is 0 Å². The lowest BCUT2D eigenvalue weighted by Crippen LogP contribution is -2.53. The maximum Gasteiger partial charge on any atom is 0.242 e. The van der Waals surface area contributed by atoms with Crippen LogP contribution in [0, 0.1) is 0 Å². The van der Waals surface area contributed by atoms with Crippen LogP contribution < -0.4 is 5.32 Å². The highest BCUT2D eigenvalue weighted by Gasteiger charge is 2.41. The average molecular weight is 276 g/mol. The molecular weight excluding hydrogens is 252 g/mol. The molecule has 0 aromatic heterocycles. The van der Waals surface area contributed by atoms with Crippen molar-refractivity contribution in [3.63, 3.8) is 0 Å². The predicted octanol–water partition coefficient (Wildman–Crippen LogP) is 2.27. The number of nitrogens with one attached hydrogen (secondary N) is 1. The standard InChI is InChI=1S/C16H24N2O2/c1-3-9-16(10-4-11-17-16)15(20)18(2)12-13-5-7-14(19)8-6-13/h5-8,17,19H,3-4,9-12H2,1-2H3. The van der Waals surface area contributed by atoms with Crippen LogP contribution in [0.5, 0.6) is 5.75 Å². The van der Waals surface area contributed by atoms with Gasteiger partial charge in [0.05, 0.1) is 5.54 Å². The lowest BCUT2D eigenvalue weighted by atomic mass is 9.90. The number of carbonyl (C=O) groups excluding carboxylic acids is 1. The van der Waals surface area contributed by atoms with E-state index >= 15 is 0 Å². The lowest BCUT2D eigenvalue weighted by molar-refractivity contribution is -0.137. The number of rotatable bonds is 5. The Balaban J connectivity index is 2.05. The average Bonchev–Trinajstić information content (AvgIpc) is 2.90. The van der Waals surface area contributed by atoms with Gasteiger partial charge in [0.15, 0.2) is 0 Å². The van der Waals surface area contributed by atoms with Gasteiger partial charge < -0.3 is 15.3 Å². The molecule has 1 atom stereocenters. The molecule has 1 aliphatic rings. The zero-order chi connectivity index (χ0) is 14.6. The van der Waals surface area contributed by atoms with Crippen LogP contribution in [0.4, 0.5) is 0 Å². The maximum absolute atomic E-state index is 12.7. The van der Waals surface area contributed by atoms with E-state index in [2.05, 4.69) is 12.2 Å². The van der Waals surface area contributed by atoms with Gasteiger partial charge in [0.1, 0.15) is 5.75 Å². The fourth-order valence-electron chi connectivity index (χ4n) is 3.05. The number of amides is 1. The number of nitrogens with zero attached hydrogens (tertiary/aromatic N) is 1. The van der Waals surface area contributed by atoms with Crippen LogP contribution in [0.2, 0.25) is 0 Å². The van der Waals surface area contributed by atoms with E-state index < -0.39 is 0 Å². The van der Waals surface area contributed by atoms with Crippen LogP contribution in [-0.2, 0) is 11.3 Å². The molecule has 0 radical (unpaired) electrons. The van der Waals surface area contributed by atoms with E-state index in [0.29, 0.717) is 6.54 Å². The zero-order valence-electron chi connectivity index (χ0n) is 12.4.